The largest absolute Gasteiger partial charge is 0.476 e. The van der Waals surface area contributed by atoms with Crippen molar-refractivity contribution in [2.24, 2.45) is 0 Å². The third kappa shape index (κ3) is 8.69. The maximum absolute atomic E-state index is 14.0. The summed E-state index contributed by atoms with van der Waals surface area (Å²) in [5.74, 6) is -3.19. The van der Waals surface area contributed by atoms with Gasteiger partial charge in [0, 0.05) is 60.1 Å². The highest BCUT2D eigenvalue weighted by atomic mass is 19.4. The van der Waals surface area contributed by atoms with Crippen LogP contribution in [0.25, 0.3) is 56.3 Å². The molecule has 0 unspecified atom stereocenters. The van der Waals surface area contributed by atoms with Crippen LogP contribution in [0.15, 0.2) is 85.2 Å². The number of carboxylic acids is 1. The lowest BCUT2D eigenvalue weighted by Crippen LogP contribution is -2.21. The minimum Gasteiger partial charge on any atom is -0.476 e. The Balaban J connectivity index is 0.000000192. The summed E-state index contributed by atoms with van der Waals surface area (Å²) in [7, 11) is 3.07. The van der Waals surface area contributed by atoms with Gasteiger partial charge in [0.1, 0.15) is 28.7 Å². The highest BCUT2D eigenvalue weighted by Gasteiger charge is 2.35. The van der Waals surface area contributed by atoms with E-state index in [4.69, 9.17) is 11.5 Å². The van der Waals surface area contributed by atoms with Crippen LogP contribution in [-0.2, 0) is 12.4 Å². The molecule has 6 aromatic heterocycles. The van der Waals surface area contributed by atoms with Crippen LogP contribution in [0.5, 0.6) is 0 Å². The van der Waals surface area contributed by atoms with Crippen LogP contribution < -0.4 is 11.5 Å². The zero-order chi connectivity index (χ0) is 46.6. The van der Waals surface area contributed by atoms with E-state index in [-0.39, 0.29) is 90.7 Å². The van der Waals surface area contributed by atoms with Crippen molar-refractivity contribution in [1.82, 2.24) is 43.6 Å². The van der Waals surface area contributed by atoms with Crippen molar-refractivity contribution in [1.29, 1.82) is 0 Å². The van der Waals surface area contributed by atoms with Gasteiger partial charge in [-0.05, 0) is 62.4 Å². The van der Waals surface area contributed by atoms with Gasteiger partial charge in [-0.3, -0.25) is 13.6 Å². The molecule has 6 heterocycles. The smallest absolute Gasteiger partial charge is 0.433 e. The van der Waals surface area contributed by atoms with Gasteiger partial charge in [0.05, 0.1) is 22.8 Å². The molecule has 0 atom stereocenters. The number of halogens is 8. The van der Waals surface area contributed by atoms with Crippen molar-refractivity contribution in [2.45, 2.75) is 26.2 Å². The number of nitrogens with zero attached hydrogens (tertiary/aromatic N) is 9. The number of nitrogens with two attached hydrogens (primary N) is 2. The van der Waals surface area contributed by atoms with Gasteiger partial charge in [-0.25, -0.2) is 43.5 Å². The van der Waals surface area contributed by atoms with Crippen molar-refractivity contribution < 1.29 is 49.8 Å². The molecule has 0 spiro atoms. The first-order chi connectivity index (χ1) is 30.0. The van der Waals surface area contributed by atoms with Crippen LogP contribution >= 0.6 is 0 Å². The molecule has 0 fully saturated rings. The van der Waals surface area contributed by atoms with Crippen molar-refractivity contribution >= 4 is 34.8 Å². The highest BCUT2D eigenvalue weighted by Crippen LogP contribution is 2.39. The van der Waals surface area contributed by atoms with Gasteiger partial charge in [-0.15, -0.1) is 0 Å². The number of rotatable bonds is 6. The first-order valence-electron chi connectivity index (χ1n) is 18.5. The van der Waals surface area contributed by atoms with Gasteiger partial charge in [0.2, 0.25) is 0 Å². The van der Waals surface area contributed by atoms with E-state index in [1.807, 2.05) is 0 Å². The van der Waals surface area contributed by atoms with E-state index in [1.54, 1.807) is 6.07 Å². The van der Waals surface area contributed by atoms with E-state index in [2.05, 4.69) is 29.9 Å². The Bertz CT molecular complexity index is 3160. The molecule has 328 valence electrons. The number of nitrogen functional groups attached to an aromatic ring is 2. The lowest BCUT2D eigenvalue weighted by atomic mass is 10.0. The molecule has 0 aliphatic rings. The minimum absolute atomic E-state index is 0.0213. The van der Waals surface area contributed by atoms with Crippen LogP contribution in [0.1, 0.15) is 43.8 Å². The predicted octanol–water partition coefficient (Wildman–Crippen LogP) is 8.41. The fourth-order valence-corrected chi connectivity index (χ4v) is 6.70. The maximum atomic E-state index is 14.0. The maximum Gasteiger partial charge on any atom is 0.433 e. The Labute approximate surface area is 355 Å². The number of hydrogen-bond donors (Lipinski definition) is 3. The molecule has 8 rings (SSSR count). The third-order valence-corrected chi connectivity index (χ3v) is 9.34. The highest BCUT2D eigenvalue weighted by molar-refractivity contribution is 5.94. The molecule has 1 amide bonds. The third-order valence-electron chi connectivity index (χ3n) is 9.34. The number of pyridine rings is 2. The first-order valence-corrected chi connectivity index (χ1v) is 18.5. The van der Waals surface area contributed by atoms with E-state index >= 15 is 0 Å². The van der Waals surface area contributed by atoms with Crippen LogP contribution in [0.4, 0.5) is 46.8 Å². The average Bonchev–Trinajstić information content (AvgIpc) is 3.87. The number of aryl methyl sites for hydroxylation is 2. The molecule has 0 aliphatic carbocycles. The summed E-state index contributed by atoms with van der Waals surface area (Å²) in [5.41, 5.74) is 10.7. The number of benzene rings is 2. The lowest BCUT2D eigenvalue weighted by Gasteiger charge is -2.15. The van der Waals surface area contributed by atoms with Crippen LogP contribution in [0.3, 0.4) is 0 Å². The molecular weight excluding hydrogens is 859 g/mol. The van der Waals surface area contributed by atoms with Crippen LogP contribution in [0, 0.1) is 25.5 Å². The number of alkyl halides is 6. The number of aromatic nitrogens is 8. The van der Waals surface area contributed by atoms with Gasteiger partial charge in [-0.2, -0.15) is 26.3 Å². The standard InChI is InChI=1S/C22H18F4N6O.C20H13F4N5O2/c1-11-7-13(9-16(28-11)22(24,25)26)18-17(12-5-4-6-14(23)8-12)30-19(27)20-29-15(10-32(18)20)21(33)31(2)3;1-9-5-11(7-14(26-9)20(22,23)24)16-15(10-3-2-4-12(21)6-10)28-17(25)18-27-13(19(30)31)8-29(16)18/h4-10H,1-3H3,(H2,27,30);2-8H,1H3,(H2,25,28)(H,30,31). The summed E-state index contributed by atoms with van der Waals surface area (Å²) < 4.78 is 111. The number of carbonyl (C=O) groups is 2. The van der Waals surface area contributed by atoms with E-state index in [0.29, 0.717) is 0 Å². The topological polar surface area (TPSA) is 196 Å². The van der Waals surface area contributed by atoms with E-state index < -0.39 is 47.3 Å². The second-order valence-electron chi connectivity index (χ2n) is 14.3. The average molecular weight is 890 g/mol. The zero-order valence-electron chi connectivity index (χ0n) is 33.5. The molecule has 14 nitrogen and oxygen atoms in total. The Kier molecular flexibility index (Phi) is 11.2. The molecular formula is C42H31F8N11O3. The van der Waals surface area contributed by atoms with E-state index in [9.17, 15) is 49.8 Å². The molecule has 2 aromatic carbocycles. The van der Waals surface area contributed by atoms with Crippen molar-refractivity contribution in [3.05, 3.63) is 131 Å². The number of fused-ring (bicyclic) bond motifs is 2. The molecule has 8 aromatic rings. The first kappa shape index (κ1) is 44.0. The van der Waals surface area contributed by atoms with Gasteiger partial charge in [0.25, 0.3) is 5.91 Å². The van der Waals surface area contributed by atoms with Crippen molar-refractivity contribution in [3.8, 4) is 45.0 Å². The molecule has 0 aliphatic heterocycles. The molecule has 0 saturated heterocycles. The quantitative estimate of drug-likeness (QED) is 0.136. The number of amides is 1. The Morgan fingerprint density at radius 2 is 1.00 bits per heavy atom. The summed E-state index contributed by atoms with van der Waals surface area (Å²) in [5, 5.41) is 9.31. The van der Waals surface area contributed by atoms with Crippen LogP contribution in [0.2, 0.25) is 0 Å². The molecule has 22 heteroatoms. The van der Waals surface area contributed by atoms with Crippen molar-refractivity contribution in [2.75, 3.05) is 25.6 Å². The lowest BCUT2D eigenvalue weighted by molar-refractivity contribution is -0.142. The van der Waals surface area contributed by atoms with Gasteiger partial charge in [0.15, 0.2) is 28.6 Å². The minimum atomic E-state index is -4.72. The summed E-state index contributed by atoms with van der Waals surface area (Å²) >= 11 is 0. The van der Waals surface area contributed by atoms with Gasteiger partial charge >= 0.3 is 18.3 Å². The number of hydrogen-bond acceptors (Lipinski definition) is 10. The molecule has 0 radical (unpaired) electrons. The number of carbonyl (C=O) groups excluding carboxylic acids is 1. The van der Waals surface area contributed by atoms with Gasteiger partial charge in [-0.1, -0.05) is 24.3 Å². The van der Waals surface area contributed by atoms with Crippen molar-refractivity contribution in [3.63, 3.8) is 0 Å². The second-order valence-corrected chi connectivity index (χ2v) is 14.3. The normalized spacial score (nSPS) is 11.8. The molecule has 5 N–H and O–H groups in total. The Hall–Kier alpha value is -8.04. The summed E-state index contributed by atoms with van der Waals surface area (Å²) in [4.78, 5) is 49.0. The zero-order valence-corrected chi connectivity index (χ0v) is 33.5. The fourth-order valence-electron chi connectivity index (χ4n) is 6.70. The SMILES string of the molecule is Cc1cc(-c2c(-c3cccc(F)c3)nc(N)c3nc(C(=O)N(C)C)cn23)cc(C(F)(F)F)n1.Cc1cc(-c2c(-c3cccc(F)c3)nc(N)c3nc(C(=O)O)cn23)cc(C(F)(F)F)n1. The summed E-state index contributed by atoms with van der Waals surface area (Å²) in [6.07, 6.45) is -6.92. The van der Waals surface area contributed by atoms with Crippen LogP contribution in [-0.4, -0.2) is 74.7 Å². The predicted molar refractivity (Wildman–Crippen MR) is 217 cm³/mol. The van der Waals surface area contributed by atoms with Gasteiger partial charge < -0.3 is 21.5 Å². The number of anilines is 2. The molecule has 0 bridgehead atoms. The molecule has 0 saturated carbocycles. The summed E-state index contributed by atoms with van der Waals surface area (Å²) in [6.45, 7) is 2.82. The Morgan fingerprint density at radius 1 is 0.594 bits per heavy atom. The number of aromatic carboxylic acids is 1. The second kappa shape index (κ2) is 16.3. The number of imidazole rings is 2. The fraction of sp³-hybridized carbons (Fsp3) is 0.143. The van der Waals surface area contributed by atoms with E-state index in [1.165, 1.54) is 96.4 Å². The monoisotopic (exact) mass is 889 g/mol. The Morgan fingerprint density at radius 3 is 1.38 bits per heavy atom. The number of carboxylic acid groups (broad SMARTS) is 1. The van der Waals surface area contributed by atoms with E-state index in [0.717, 1.165) is 24.4 Å². The summed E-state index contributed by atoms with van der Waals surface area (Å²) in [6, 6.07) is 15.2. The molecule has 64 heavy (non-hydrogen) atoms.